The van der Waals surface area contributed by atoms with Crippen LogP contribution >= 0.6 is 23.2 Å². The summed E-state index contributed by atoms with van der Waals surface area (Å²) in [5.74, 6) is -1.48. The van der Waals surface area contributed by atoms with Crippen LogP contribution < -0.4 is 10.2 Å². The molecule has 0 atom stereocenters. The van der Waals surface area contributed by atoms with Gasteiger partial charge in [0.25, 0.3) is 5.91 Å². The van der Waals surface area contributed by atoms with Crippen molar-refractivity contribution in [3.63, 3.8) is 0 Å². The largest absolute Gasteiger partial charge is 0.340 e. The van der Waals surface area contributed by atoms with Crippen LogP contribution in [0.5, 0.6) is 0 Å². The number of amides is 5. The Labute approximate surface area is 138 Å². The summed E-state index contributed by atoms with van der Waals surface area (Å²) < 4.78 is 39.1. The van der Waals surface area contributed by atoms with Gasteiger partial charge in [0.15, 0.2) is 0 Å². The van der Waals surface area contributed by atoms with E-state index in [1.807, 2.05) is 0 Å². The first-order valence-electron chi connectivity index (χ1n) is 8.28. The number of imide groups is 2. The molecule has 1 aliphatic rings. The molecule has 1 fully saturated rings. The number of carbonyl (C=O) groups excluding carboxylic acids is 3. The predicted molar refractivity (Wildman–Crippen MR) is 79.7 cm³/mol. The van der Waals surface area contributed by atoms with E-state index in [1.165, 1.54) is 0 Å². The summed E-state index contributed by atoms with van der Waals surface area (Å²) >= 11 is 11.6. The molecule has 21 heavy (non-hydrogen) atoms. The number of urea groups is 2. The molecule has 8 heteroatoms. The van der Waals surface area contributed by atoms with Crippen molar-refractivity contribution < 1.29 is 21.2 Å². The molecule has 112 valence electrons. The van der Waals surface area contributed by atoms with E-state index in [-0.39, 0.29) is 9.80 Å². The van der Waals surface area contributed by atoms with Gasteiger partial charge in [-0.1, -0.05) is 23.2 Å². The van der Waals surface area contributed by atoms with Crippen LogP contribution in [-0.4, -0.2) is 35.4 Å². The Bertz CT molecular complexity index is 805. The van der Waals surface area contributed by atoms with Gasteiger partial charge in [0.2, 0.25) is 0 Å². The predicted octanol–water partition coefficient (Wildman–Crippen LogP) is 2.88. The number of carbonyl (C=O) groups is 3. The van der Waals surface area contributed by atoms with Crippen molar-refractivity contribution in [1.82, 2.24) is 10.2 Å². The van der Waals surface area contributed by atoms with Crippen molar-refractivity contribution in [3.8, 4) is 0 Å². The maximum Gasteiger partial charge on any atom is 0.340 e. The Morgan fingerprint density at radius 3 is 2.43 bits per heavy atom. The van der Waals surface area contributed by atoms with Crippen molar-refractivity contribution in [2.24, 2.45) is 0 Å². The minimum atomic E-state index is -3.05. The highest BCUT2D eigenvalue weighted by atomic mass is 35.5. The molecule has 6 nitrogen and oxygen atoms in total. The average molecular weight is 335 g/mol. The fourth-order valence-corrected chi connectivity index (χ4v) is 1.95. The van der Waals surface area contributed by atoms with Crippen LogP contribution in [-0.2, 0) is 4.79 Å². The first-order chi connectivity index (χ1) is 11.8. The van der Waals surface area contributed by atoms with E-state index in [9.17, 15) is 14.4 Å². The molecule has 5 amide bonds. The Hall–Kier alpha value is -1.79. The summed E-state index contributed by atoms with van der Waals surface area (Å²) in [5, 5.41) is 1.25. The molecule has 1 saturated heterocycles. The summed E-state index contributed by atoms with van der Waals surface area (Å²) in [6.07, 6.45) is 0. The topological polar surface area (TPSA) is 69.7 Å². The fourth-order valence-electron chi connectivity index (χ4n) is 1.54. The highest BCUT2D eigenvalue weighted by Gasteiger charge is 2.41. The number of nitrogens with zero attached hydrogens (tertiary/aromatic N) is 2. The van der Waals surface area contributed by atoms with Crippen molar-refractivity contribution in [2.45, 2.75) is 19.9 Å². The summed E-state index contributed by atoms with van der Waals surface area (Å²) in [6.45, 7) is 0.0986. The Morgan fingerprint density at radius 1 is 1.33 bits per heavy atom. The van der Waals surface area contributed by atoms with E-state index in [1.54, 1.807) is 13.8 Å². The number of rotatable bonds is 2. The molecule has 1 aromatic rings. The Morgan fingerprint density at radius 2 is 1.90 bits per heavy atom. The van der Waals surface area contributed by atoms with Crippen LogP contribution in [0.3, 0.4) is 0 Å². The summed E-state index contributed by atoms with van der Waals surface area (Å²) in [5.41, 5.74) is -0.699. The fraction of sp³-hybridized carbons (Fsp3) is 0.308. The van der Waals surface area contributed by atoms with Crippen LogP contribution in [0.4, 0.5) is 15.3 Å². The van der Waals surface area contributed by atoms with E-state index in [2.05, 4.69) is 5.32 Å². The van der Waals surface area contributed by atoms with Crippen molar-refractivity contribution >= 4 is 46.9 Å². The number of hydrogen-bond acceptors (Lipinski definition) is 3. The van der Waals surface area contributed by atoms with Crippen LogP contribution in [0, 0.1) is 0 Å². The number of benzene rings is 1. The Balaban J connectivity index is 2.65. The van der Waals surface area contributed by atoms with Gasteiger partial charge in [0.1, 0.15) is 6.50 Å². The summed E-state index contributed by atoms with van der Waals surface area (Å²) in [6, 6.07) is -4.99. The van der Waals surface area contributed by atoms with Gasteiger partial charge in [-0.05, 0) is 32.0 Å². The number of anilines is 1. The van der Waals surface area contributed by atoms with Crippen molar-refractivity contribution in [2.75, 3.05) is 11.4 Å². The molecule has 2 rings (SSSR count). The lowest BCUT2D eigenvalue weighted by Crippen LogP contribution is -2.45. The average Bonchev–Trinajstić information content (AvgIpc) is 2.70. The zero-order valence-corrected chi connectivity index (χ0v) is 12.5. The van der Waals surface area contributed by atoms with Crippen LogP contribution in [0.15, 0.2) is 18.1 Å². The van der Waals surface area contributed by atoms with E-state index >= 15 is 0 Å². The molecular formula is C13H13Cl2N3O3. The van der Waals surface area contributed by atoms with E-state index < -0.39 is 64.4 Å². The first kappa shape index (κ1) is 10.0. The second-order valence-corrected chi connectivity index (χ2v) is 5.08. The SMILES string of the molecule is [2H]c1c(Cl)c([2H])c(N2C(=O)N(C(=O)NC(C)C)C([2H])([2H])C2=O)c([2H])c1Cl. The van der Waals surface area contributed by atoms with Gasteiger partial charge in [-0.3, -0.25) is 4.79 Å². The van der Waals surface area contributed by atoms with E-state index in [0.717, 1.165) is 0 Å². The third kappa shape index (κ3) is 3.28. The van der Waals surface area contributed by atoms with Gasteiger partial charge in [-0.25, -0.2) is 19.4 Å². The maximum absolute atomic E-state index is 12.6. The van der Waals surface area contributed by atoms with Gasteiger partial charge >= 0.3 is 12.1 Å². The minimum absolute atomic E-state index is 0.0601. The highest BCUT2D eigenvalue weighted by Crippen LogP contribution is 2.28. The van der Waals surface area contributed by atoms with E-state index in [4.69, 9.17) is 30.1 Å². The number of halogens is 2. The zero-order valence-electron chi connectivity index (χ0n) is 16.0. The lowest BCUT2D eigenvalue weighted by atomic mass is 10.3. The maximum atomic E-state index is 12.6. The number of nitrogens with one attached hydrogen (secondary N) is 1. The van der Waals surface area contributed by atoms with Gasteiger partial charge in [0.05, 0.1) is 12.5 Å². The first-order valence-corrected chi connectivity index (χ1v) is 6.53. The smallest absolute Gasteiger partial charge is 0.335 e. The molecule has 1 aliphatic heterocycles. The van der Waals surface area contributed by atoms with Crippen LogP contribution in [0.2, 0.25) is 10.0 Å². The molecular weight excluding hydrogens is 317 g/mol. The third-order valence-electron chi connectivity index (χ3n) is 2.31. The third-order valence-corrected chi connectivity index (χ3v) is 2.69. The van der Waals surface area contributed by atoms with Crippen molar-refractivity contribution in [1.29, 1.82) is 0 Å². The van der Waals surface area contributed by atoms with Crippen LogP contribution in [0.1, 0.15) is 20.7 Å². The monoisotopic (exact) mass is 334 g/mol. The second kappa shape index (κ2) is 5.91. The van der Waals surface area contributed by atoms with Gasteiger partial charge in [-0.2, -0.15) is 0 Å². The summed E-state index contributed by atoms with van der Waals surface area (Å²) in [4.78, 5) is 37.4. The number of hydrogen-bond donors (Lipinski definition) is 1. The summed E-state index contributed by atoms with van der Waals surface area (Å²) in [7, 11) is 0. The van der Waals surface area contributed by atoms with Gasteiger partial charge < -0.3 is 5.32 Å². The molecule has 0 aromatic heterocycles. The molecule has 0 bridgehead atoms. The zero-order chi connectivity index (χ0) is 20.1. The molecule has 0 saturated carbocycles. The molecule has 0 unspecified atom stereocenters. The lowest BCUT2D eigenvalue weighted by Gasteiger charge is -2.18. The standard InChI is InChI=1S/C13H13Cl2N3O3/c1-7(2)16-12(20)17-6-11(19)18(13(17)21)10-4-8(14)3-9(15)5-10/h3-5,7H,6H2,1-2H3,(H,16,20)/i3D,4D,5D,6D2. The lowest BCUT2D eigenvalue weighted by molar-refractivity contribution is -0.116. The minimum Gasteiger partial charge on any atom is -0.335 e. The molecule has 1 heterocycles. The molecule has 0 radical (unpaired) electrons. The van der Waals surface area contributed by atoms with Crippen LogP contribution in [0.25, 0.3) is 0 Å². The van der Waals surface area contributed by atoms with Gasteiger partial charge in [0, 0.05) is 16.1 Å². The quantitative estimate of drug-likeness (QED) is 0.845. The molecule has 1 N–H and O–H groups in total. The molecule has 1 aromatic carbocycles. The van der Waals surface area contributed by atoms with Gasteiger partial charge in [-0.15, -0.1) is 0 Å². The Kier molecular flexibility index (Phi) is 2.82. The highest BCUT2D eigenvalue weighted by molar-refractivity contribution is 6.35. The normalized spacial score (nSPS) is 20.9. The van der Waals surface area contributed by atoms with Crippen molar-refractivity contribution in [3.05, 3.63) is 28.2 Å². The molecule has 0 spiro atoms. The molecule has 0 aliphatic carbocycles. The van der Waals surface area contributed by atoms with E-state index in [0.29, 0.717) is 0 Å². The second-order valence-electron chi connectivity index (χ2n) is 4.33.